The molecular weight excluding hydrogens is 290 g/mol. The molecule has 1 amide bonds. The van der Waals surface area contributed by atoms with Gasteiger partial charge in [0.25, 0.3) is 5.91 Å². The van der Waals surface area contributed by atoms with Crippen LogP contribution < -0.4 is 10.6 Å². The number of anilines is 1. The Morgan fingerprint density at radius 2 is 2.13 bits per heavy atom. The van der Waals surface area contributed by atoms with Gasteiger partial charge in [0, 0.05) is 31.5 Å². The average Bonchev–Trinajstić information content (AvgIpc) is 2.57. The van der Waals surface area contributed by atoms with E-state index in [1.54, 1.807) is 25.4 Å². The number of nitrogens with one attached hydrogen (secondary N) is 2. The lowest BCUT2D eigenvalue weighted by Gasteiger charge is -2.09. The van der Waals surface area contributed by atoms with Crippen molar-refractivity contribution in [1.29, 1.82) is 0 Å². The standard InChI is InChI=1S/C17H23N5O/c1-3-4-5-9-19-17(23)15-10-16(22-13(2)21-15)20-12-14-7-6-8-18-11-14/h6-8,10-11H,3-5,9,12H2,1-2H3,(H,19,23)(H,20,21,22). The van der Waals surface area contributed by atoms with Crippen molar-refractivity contribution < 1.29 is 4.79 Å². The molecule has 23 heavy (non-hydrogen) atoms. The van der Waals surface area contributed by atoms with Crippen molar-refractivity contribution in [3.8, 4) is 0 Å². The minimum Gasteiger partial charge on any atom is -0.366 e. The smallest absolute Gasteiger partial charge is 0.270 e. The number of amides is 1. The lowest BCUT2D eigenvalue weighted by atomic mass is 10.2. The lowest BCUT2D eigenvalue weighted by molar-refractivity contribution is 0.0947. The van der Waals surface area contributed by atoms with Gasteiger partial charge in [-0.2, -0.15) is 0 Å². The topological polar surface area (TPSA) is 79.8 Å². The Labute approximate surface area is 136 Å². The molecule has 2 rings (SSSR count). The minimum atomic E-state index is -0.156. The van der Waals surface area contributed by atoms with Crippen molar-refractivity contribution in [3.05, 3.63) is 47.7 Å². The predicted octanol–water partition coefficient (Wildman–Crippen LogP) is 2.71. The number of hydrogen-bond donors (Lipinski definition) is 2. The van der Waals surface area contributed by atoms with Crippen LogP contribution in [0, 0.1) is 6.92 Å². The second kappa shape index (κ2) is 8.82. The van der Waals surface area contributed by atoms with Crippen LogP contribution in [0.2, 0.25) is 0 Å². The Morgan fingerprint density at radius 3 is 2.87 bits per heavy atom. The summed E-state index contributed by atoms with van der Waals surface area (Å²) in [7, 11) is 0. The van der Waals surface area contributed by atoms with Crippen molar-refractivity contribution in [2.24, 2.45) is 0 Å². The number of rotatable bonds is 8. The first-order chi connectivity index (χ1) is 11.2. The molecule has 0 aromatic carbocycles. The SMILES string of the molecule is CCCCCNC(=O)c1cc(NCc2cccnc2)nc(C)n1. The third kappa shape index (κ3) is 5.65. The molecular formula is C17H23N5O. The number of aryl methyl sites for hydroxylation is 1. The molecule has 0 bridgehead atoms. The van der Waals surface area contributed by atoms with Crippen molar-refractivity contribution in [3.63, 3.8) is 0 Å². The molecule has 2 aromatic heterocycles. The van der Waals surface area contributed by atoms with Crippen LogP contribution in [0.15, 0.2) is 30.6 Å². The van der Waals surface area contributed by atoms with Crippen molar-refractivity contribution in [1.82, 2.24) is 20.3 Å². The number of hydrogen-bond acceptors (Lipinski definition) is 5. The fourth-order valence-electron chi connectivity index (χ4n) is 2.14. The summed E-state index contributed by atoms with van der Waals surface area (Å²) in [5, 5.41) is 6.10. The zero-order valence-electron chi connectivity index (χ0n) is 13.7. The summed E-state index contributed by atoms with van der Waals surface area (Å²) in [5.41, 5.74) is 1.44. The maximum Gasteiger partial charge on any atom is 0.270 e. The molecule has 2 N–H and O–H groups in total. The second-order valence-corrected chi connectivity index (χ2v) is 5.36. The molecule has 0 saturated carbocycles. The van der Waals surface area contributed by atoms with Gasteiger partial charge in [-0.25, -0.2) is 9.97 Å². The van der Waals surface area contributed by atoms with Crippen LogP contribution in [-0.4, -0.2) is 27.4 Å². The highest BCUT2D eigenvalue weighted by atomic mass is 16.1. The van der Waals surface area contributed by atoms with E-state index in [4.69, 9.17) is 0 Å². The zero-order chi connectivity index (χ0) is 16.5. The fraction of sp³-hybridized carbons (Fsp3) is 0.412. The highest BCUT2D eigenvalue weighted by Crippen LogP contribution is 2.09. The second-order valence-electron chi connectivity index (χ2n) is 5.36. The third-order valence-electron chi connectivity index (χ3n) is 3.33. The van der Waals surface area contributed by atoms with Gasteiger partial charge in [-0.15, -0.1) is 0 Å². The third-order valence-corrected chi connectivity index (χ3v) is 3.33. The highest BCUT2D eigenvalue weighted by molar-refractivity contribution is 5.92. The van der Waals surface area contributed by atoms with E-state index < -0.39 is 0 Å². The van der Waals surface area contributed by atoms with E-state index in [2.05, 4.69) is 32.5 Å². The van der Waals surface area contributed by atoms with Gasteiger partial charge in [0.1, 0.15) is 17.3 Å². The first-order valence-corrected chi connectivity index (χ1v) is 7.95. The van der Waals surface area contributed by atoms with Crippen LogP contribution >= 0.6 is 0 Å². The van der Waals surface area contributed by atoms with Gasteiger partial charge < -0.3 is 10.6 Å². The molecule has 0 fully saturated rings. The molecule has 0 saturated heterocycles. The van der Waals surface area contributed by atoms with Gasteiger partial charge in [0.2, 0.25) is 0 Å². The number of unbranched alkanes of at least 4 members (excludes halogenated alkanes) is 2. The monoisotopic (exact) mass is 313 g/mol. The van der Waals surface area contributed by atoms with E-state index in [9.17, 15) is 4.79 Å². The Kier molecular flexibility index (Phi) is 6.47. The molecule has 0 aliphatic heterocycles. The van der Waals surface area contributed by atoms with Crippen LogP contribution in [0.4, 0.5) is 5.82 Å². The summed E-state index contributed by atoms with van der Waals surface area (Å²) >= 11 is 0. The zero-order valence-corrected chi connectivity index (χ0v) is 13.7. The van der Waals surface area contributed by atoms with E-state index >= 15 is 0 Å². The Balaban J connectivity index is 1.96. The molecule has 2 heterocycles. The summed E-state index contributed by atoms with van der Waals surface area (Å²) in [6, 6.07) is 5.55. The molecule has 2 aromatic rings. The number of pyridine rings is 1. The summed E-state index contributed by atoms with van der Waals surface area (Å²) < 4.78 is 0. The molecule has 0 aliphatic carbocycles. The normalized spacial score (nSPS) is 10.3. The molecule has 6 nitrogen and oxygen atoms in total. The average molecular weight is 313 g/mol. The lowest BCUT2D eigenvalue weighted by Crippen LogP contribution is -2.26. The predicted molar refractivity (Wildman–Crippen MR) is 90.2 cm³/mol. The largest absolute Gasteiger partial charge is 0.366 e. The van der Waals surface area contributed by atoms with Gasteiger partial charge >= 0.3 is 0 Å². The molecule has 122 valence electrons. The Morgan fingerprint density at radius 1 is 1.26 bits per heavy atom. The van der Waals surface area contributed by atoms with Crippen molar-refractivity contribution >= 4 is 11.7 Å². The van der Waals surface area contributed by atoms with Gasteiger partial charge in [-0.3, -0.25) is 9.78 Å². The van der Waals surface area contributed by atoms with E-state index in [0.29, 0.717) is 30.4 Å². The van der Waals surface area contributed by atoms with Crippen LogP contribution in [-0.2, 0) is 6.54 Å². The number of carbonyl (C=O) groups excluding carboxylic acids is 1. The van der Waals surface area contributed by atoms with Crippen molar-refractivity contribution in [2.45, 2.75) is 39.7 Å². The van der Waals surface area contributed by atoms with Crippen LogP contribution in [0.25, 0.3) is 0 Å². The van der Waals surface area contributed by atoms with Gasteiger partial charge in [0.15, 0.2) is 0 Å². The number of aromatic nitrogens is 3. The molecule has 0 aliphatic rings. The van der Waals surface area contributed by atoms with Gasteiger partial charge in [0.05, 0.1) is 0 Å². The van der Waals surface area contributed by atoms with E-state index in [1.165, 1.54) is 0 Å². The first-order valence-electron chi connectivity index (χ1n) is 7.95. The quantitative estimate of drug-likeness (QED) is 0.733. The number of carbonyl (C=O) groups is 1. The van der Waals surface area contributed by atoms with E-state index in [0.717, 1.165) is 24.8 Å². The maximum atomic E-state index is 12.1. The highest BCUT2D eigenvalue weighted by Gasteiger charge is 2.10. The fourth-order valence-corrected chi connectivity index (χ4v) is 2.14. The molecule has 6 heteroatoms. The molecule has 0 atom stereocenters. The summed E-state index contributed by atoms with van der Waals surface area (Å²) in [5.74, 6) is 1.05. The van der Waals surface area contributed by atoms with Crippen LogP contribution in [0.5, 0.6) is 0 Å². The van der Waals surface area contributed by atoms with E-state index in [1.807, 2.05) is 12.1 Å². The van der Waals surface area contributed by atoms with Gasteiger partial charge in [-0.1, -0.05) is 25.8 Å². The first kappa shape index (κ1) is 16.9. The summed E-state index contributed by atoms with van der Waals surface area (Å²) in [6.07, 6.45) is 6.76. The Hall–Kier alpha value is -2.50. The molecule has 0 unspecified atom stereocenters. The summed E-state index contributed by atoms with van der Waals surface area (Å²) in [4.78, 5) is 24.8. The summed E-state index contributed by atoms with van der Waals surface area (Å²) in [6.45, 7) is 5.19. The van der Waals surface area contributed by atoms with Crippen LogP contribution in [0.3, 0.4) is 0 Å². The Bertz CT molecular complexity index is 630. The molecule has 0 spiro atoms. The van der Waals surface area contributed by atoms with E-state index in [-0.39, 0.29) is 5.91 Å². The van der Waals surface area contributed by atoms with Crippen molar-refractivity contribution in [2.75, 3.05) is 11.9 Å². The maximum absolute atomic E-state index is 12.1. The minimum absolute atomic E-state index is 0.156. The van der Waals surface area contributed by atoms with Crippen LogP contribution in [0.1, 0.15) is 48.1 Å². The molecule has 0 radical (unpaired) electrons. The number of nitrogens with zero attached hydrogens (tertiary/aromatic N) is 3. The van der Waals surface area contributed by atoms with Gasteiger partial charge in [-0.05, 0) is 25.0 Å².